The molecule has 0 amide bonds. The lowest BCUT2D eigenvalue weighted by atomic mass is 9.95. The standard InChI is InChI=1S/C13H22N4/c1-2-6-11(7-3-1)17-10-13(15-16-17)12-8-4-5-9-14-12/h10-12,14H,1-9H2. The van der Waals surface area contributed by atoms with Crippen LogP contribution in [0.25, 0.3) is 0 Å². The molecule has 1 N–H and O–H groups in total. The second-order valence-corrected chi connectivity index (χ2v) is 5.42. The van der Waals surface area contributed by atoms with E-state index in [0.29, 0.717) is 12.1 Å². The highest BCUT2D eigenvalue weighted by Crippen LogP contribution is 2.28. The molecule has 2 fully saturated rings. The predicted octanol–water partition coefficient (Wildman–Crippen LogP) is 2.60. The van der Waals surface area contributed by atoms with Crippen molar-refractivity contribution in [3.05, 3.63) is 11.9 Å². The second kappa shape index (κ2) is 5.17. The first-order chi connectivity index (χ1) is 8.43. The van der Waals surface area contributed by atoms with Gasteiger partial charge in [-0.2, -0.15) is 0 Å². The lowest BCUT2D eigenvalue weighted by Crippen LogP contribution is -2.27. The molecule has 0 bridgehead atoms. The molecule has 0 spiro atoms. The van der Waals surface area contributed by atoms with Gasteiger partial charge in [0.2, 0.25) is 0 Å². The Labute approximate surface area is 103 Å². The molecule has 0 radical (unpaired) electrons. The molecular weight excluding hydrogens is 212 g/mol. The summed E-state index contributed by atoms with van der Waals surface area (Å²) in [5.74, 6) is 0. The Kier molecular flexibility index (Phi) is 3.41. The van der Waals surface area contributed by atoms with Crippen LogP contribution in [0.2, 0.25) is 0 Å². The summed E-state index contributed by atoms with van der Waals surface area (Å²) in [5.41, 5.74) is 1.15. The van der Waals surface area contributed by atoms with E-state index >= 15 is 0 Å². The zero-order chi connectivity index (χ0) is 11.5. The van der Waals surface area contributed by atoms with Crippen molar-refractivity contribution < 1.29 is 0 Å². The van der Waals surface area contributed by atoms with Gasteiger partial charge in [0, 0.05) is 0 Å². The van der Waals surface area contributed by atoms with E-state index in [-0.39, 0.29) is 0 Å². The fourth-order valence-electron chi connectivity index (χ4n) is 3.08. The monoisotopic (exact) mass is 234 g/mol. The minimum Gasteiger partial charge on any atom is -0.309 e. The van der Waals surface area contributed by atoms with Gasteiger partial charge >= 0.3 is 0 Å². The molecule has 1 saturated heterocycles. The quantitative estimate of drug-likeness (QED) is 0.855. The molecule has 17 heavy (non-hydrogen) atoms. The maximum Gasteiger partial charge on any atom is 0.0996 e. The number of piperidine rings is 1. The molecule has 1 aliphatic carbocycles. The number of hydrogen-bond acceptors (Lipinski definition) is 3. The summed E-state index contributed by atoms with van der Waals surface area (Å²) in [4.78, 5) is 0. The van der Waals surface area contributed by atoms with E-state index in [2.05, 4.69) is 26.5 Å². The van der Waals surface area contributed by atoms with Crippen LogP contribution in [0.5, 0.6) is 0 Å². The van der Waals surface area contributed by atoms with Gasteiger partial charge in [-0.05, 0) is 32.2 Å². The average Bonchev–Trinajstić information content (AvgIpc) is 2.90. The third-order valence-electron chi connectivity index (χ3n) is 4.14. The van der Waals surface area contributed by atoms with Crippen molar-refractivity contribution >= 4 is 0 Å². The first-order valence-corrected chi connectivity index (χ1v) is 7.08. The number of nitrogens with zero attached hydrogens (tertiary/aromatic N) is 3. The third kappa shape index (κ3) is 2.51. The summed E-state index contributed by atoms with van der Waals surface area (Å²) in [6.45, 7) is 1.13. The molecule has 1 saturated carbocycles. The van der Waals surface area contributed by atoms with Crippen molar-refractivity contribution in [2.45, 2.75) is 63.5 Å². The zero-order valence-electron chi connectivity index (χ0n) is 10.4. The average molecular weight is 234 g/mol. The molecular formula is C13H22N4. The van der Waals surface area contributed by atoms with Crippen LogP contribution in [0.15, 0.2) is 6.20 Å². The van der Waals surface area contributed by atoms with Crippen LogP contribution in [-0.4, -0.2) is 21.5 Å². The fourth-order valence-corrected chi connectivity index (χ4v) is 3.08. The lowest BCUT2D eigenvalue weighted by Gasteiger charge is -2.22. The van der Waals surface area contributed by atoms with E-state index in [1.54, 1.807) is 0 Å². The smallest absolute Gasteiger partial charge is 0.0996 e. The van der Waals surface area contributed by atoms with Crippen LogP contribution in [0.3, 0.4) is 0 Å². The fraction of sp³-hybridized carbons (Fsp3) is 0.846. The molecule has 3 rings (SSSR count). The Hall–Kier alpha value is -0.900. The first kappa shape index (κ1) is 11.2. The number of rotatable bonds is 2. The van der Waals surface area contributed by atoms with Gasteiger partial charge in [0.15, 0.2) is 0 Å². The van der Waals surface area contributed by atoms with Crippen molar-refractivity contribution in [1.82, 2.24) is 20.3 Å². The Balaban J connectivity index is 1.68. The van der Waals surface area contributed by atoms with Gasteiger partial charge in [0.05, 0.1) is 24.0 Å². The third-order valence-corrected chi connectivity index (χ3v) is 4.14. The highest BCUT2D eigenvalue weighted by Gasteiger charge is 2.21. The highest BCUT2D eigenvalue weighted by molar-refractivity contribution is 5.02. The summed E-state index contributed by atoms with van der Waals surface area (Å²) >= 11 is 0. The summed E-state index contributed by atoms with van der Waals surface area (Å²) in [5, 5.41) is 12.2. The lowest BCUT2D eigenvalue weighted by molar-refractivity contribution is 0.324. The van der Waals surface area contributed by atoms with Crippen LogP contribution in [0.4, 0.5) is 0 Å². The molecule has 1 aromatic rings. The molecule has 2 aliphatic rings. The minimum atomic E-state index is 0.445. The zero-order valence-corrected chi connectivity index (χ0v) is 10.4. The SMILES string of the molecule is c1c(C2CCCCN2)nnn1C1CCCCC1. The molecule has 94 valence electrons. The van der Waals surface area contributed by atoms with Crippen molar-refractivity contribution in [2.24, 2.45) is 0 Å². The van der Waals surface area contributed by atoms with Gasteiger partial charge in [-0.1, -0.05) is 30.9 Å². The molecule has 4 nitrogen and oxygen atoms in total. The van der Waals surface area contributed by atoms with Crippen LogP contribution < -0.4 is 5.32 Å². The van der Waals surface area contributed by atoms with Crippen molar-refractivity contribution in [1.29, 1.82) is 0 Å². The highest BCUT2D eigenvalue weighted by atomic mass is 15.4. The molecule has 1 unspecified atom stereocenters. The predicted molar refractivity (Wildman–Crippen MR) is 66.7 cm³/mol. The summed E-state index contributed by atoms with van der Waals surface area (Å²) in [6, 6.07) is 1.05. The van der Waals surface area contributed by atoms with Gasteiger partial charge in [-0.3, -0.25) is 0 Å². The van der Waals surface area contributed by atoms with Crippen LogP contribution in [0, 0.1) is 0 Å². The summed E-state index contributed by atoms with van der Waals surface area (Å²) < 4.78 is 2.12. The van der Waals surface area contributed by atoms with Gasteiger partial charge in [-0.15, -0.1) is 5.10 Å². The van der Waals surface area contributed by atoms with Gasteiger partial charge in [-0.25, -0.2) is 4.68 Å². The Bertz CT molecular complexity index is 316. The maximum absolute atomic E-state index is 4.37. The normalized spacial score (nSPS) is 27.2. The van der Waals surface area contributed by atoms with E-state index in [0.717, 1.165) is 12.2 Å². The first-order valence-electron chi connectivity index (χ1n) is 7.08. The molecule has 2 heterocycles. The van der Waals surface area contributed by atoms with E-state index in [1.807, 2.05) is 0 Å². The van der Waals surface area contributed by atoms with Crippen molar-refractivity contribution in [2.75, 3.05) is 6.54 Å². The van der Waals surface area contributed by atoms with E-state index in [1.165, 1.54) is 51.4 Å². The molecule has 0 aromatic carbocycles. The van der Waals surface area contributed by atoms with E-state index in [9.17, 15) is 0 Å². The minimum absolute atomic E-state index is 0.445. The molecule has 1 atom stereocenters. The summed E-state index contributed by atoms with van der Waals surface area (Å²) in [7, 11) is 0. The van der Waals surface area contributed by atoms with E-state index in [4.69, 9.17) is 0 Å². The van der Waals surface area contributed by atoms with Crippen LogP contribution in [0.1, 0.15) is 69.1 Å². The van der Waals surface area contributed by atoms with Crippen molar-refractivity contribution in [3.8, 4) is 0 Å². The van der Waals surface area contributed by atoms with E-state index < -0.39 is 0 Å². The number of nitrogens with one attached hydrogen (secondary N) is 1. The Morgan fingerprint density at radius 3 is 2.65 bits per heavy atom. The van der Waals surface area contributed by atoms with Gasteiger partial charge < -0.3 is 5.32 Å². The largest absolute Gasteiger partial charge is 0.309 e. The molecule has 4 heteroatoms. The van der Waals surface area contributed by atoms with Gasteiger partial charge in [0.25, 0.3) is 0 Å². The Morgan fingerprint density at radius 1 is 1.06 bits per heavy atom. The topological polar surface area (TPSA) is 42.7 Å². The Morgan fingerprint density at radius 2 is 1.88 bits per heavy atom. The van der Waals surface area contributed by atoms with Crippen LogP contribution in [-0.2, 0) is 0 Å². The summed E-state index contributed by atoms with van der Waals surface area (Å²) in [6.07, 6.45) is 12.6. The number of aromatic nitrogens is 3. The van der Waals surface area contributed by atoms with Gasteiger partial charge in [0.1, 0.15) is 0 Å². The van der Waals surface area contributed by atoms with Crippen LogP contribution >= 0.6 is 0 Å². The molecule has 1 aromatic heterocycles. The molecule has 1 aliphatic heterocycles. The van der Waals surface area contributed by atoms with Crippen molar-refractivity contribution in [3.63, 3.8) is 0 Å². The maximum atomic E-state index is 4.37. The second-order valence-electron chi connectivity index (χ2n) is 5.42. The number of hydrogen-bond donors (Lipinski definition) is 1.